The fraction of sp³-hybridized carbons (Fsp3) is 0.643. The summed E-state index contributed by atoms with van der Waals surface area (Å²) in [4.78, 5) is 14.9. The van der Waals surface area contributed by atoms with E-state index in [9.17, 15) is 9.90 Å². The average Bonchev–Trinajstić information content (AvgIpc) is 2.90. The number of aliphatic hydroxyl groups excluding tert-OH is 1. The maximum Gasteiger partial charge on any atom is 0.315 e. The Morgan fingerprint density at radius 3 is 2.76 bits per heavy atom. The second-order valence-electron chi connectivity index (χ2n) is 5.28. The van der Waals surface area contributed by atoms with E-state index in [2.05, 4.69) is 15.5 Å². The molecule has 1 fully saturated rings. The number of β-amino-alcohol motifs (C(OH)–C–C–N with tert-alkyl or cyclic N) is 1. The SMILES string of the molecule is O=C(NCc1ccc(Cl)s1)NCC(O)CN1CCCCC1. The molecule has 1 atom stereocenters. The van der Waals surface area contributed by atoms with Crippen molar-refractivity contribution in [3.8, 4) is 0 Å². The number of thiophene rings is 1. The Labute approximate surface area is 134 Å². The summed E-state index contributed by atoms with van der Waals surface area (Å²) in [6.45, 7) is 3.44. The predicted octanol–water partition coefficient (Wildman–Crippen LogP) is 2.05. The van der Waals surface area contributed by atoms with Gasteiger partial charge in [-0.15, -0.1) is 11.3 Å². The minimum atomic E-state index is -0.523. The summed E-state index contributed by atoms with van der Waals surface area (Å²) < 4.78 is 0.712. The summed E-state index contributed by atoms with van der Waals surface area (Å²) in [5.41, 5.74) is 0. The summed E-state index contributed by atoms with van der Waals surface area (Å²) in [5.74, 6) is 0. The molecule has 0 saturated carbocycles. The van der Waals surface area contributed by atoms with Crippen LogP contribution in [-0.4, -0.2) is 48.3 Å². The van der Waals surface area contributed by atoms with Gasteiger partial charge in [0.1, 0.15) is 0 Å². The van der Waals surface area contributed by atoms with Crippen LogP contribution < -0.4 is 10.6 Å². The van der Waals surface area contributed by atoms with E-state index in [0.717, 1.165) is 18.0 Å². The van der Waals surface area contributed by atoms with E-state index in [1.165, 1.54) is 30.6 Å². The number of nitrogens with zero attached hydrogens (tertiary/aromatic N) is 1. The Bertz CT molecular complexity index is 449. The van der Waals surface area contributed by atoms with Crippen molar-refractivity contribution < 1.29 is 9.90 Å². The molecule has 3 N–H and O–H groups in total. The lowest BCUT2D eigenvalue weighted by Gasteiger charge is -2.28. The van der Waals surface area contributed by atoms with Crippen LogP contribution in [-0.2, 0) is 6.54 Å². The lowest BCUT2D eigenvalue weighted by molar-refractivity contribution is 0.101. The molecule has 0 aliphatic carbocycles. The first-order chi connectivity index (χ1) is 10.1. The number of likely N-dealkylation sites (tertiary alicyclic amines) is 1. The van der Waals surface area contributed by atoms with Crippen LogP contribution >= 0.6 is 22.9 Å². The molecule has 1 aliphatic heterocycles. The van der Waals surface area contributed by atoms with Gasteiger partial charge in [0.05, 0.1) is 17.0 Å². The molecular formula is C14H22ClN3O2S. The summed E-state index contributed by atoms with van der Waals surface area (Å²) in [6.07, 6.45) is 3.15. The van der Waals surface area contributed by atoms with E-state index in [4.69, 9.17) is 11.6 Å². The van der Waals surface area contributed by atoms with Gasteiger partial charge in [-0.3, -0.25) is 0 Å². The topological polar surface area (TPSA) is 64.6 Å². The molecule has 0 aromatic carbocycles. The van der Waals surface area contributed by atoms with Crippen molar-refractivity contribution in [1.29, 1.82) is 0 Å². The number of aliphatic hydroxyl groups is 1. The Hall–Kier alpha value is -0.820. The number of urea groups is 1. The molecule has 2 amide bonds. The van der Waals surface area contributed by atoms with Crippen LogP contribution in [0.5, 0.6) is 0 Å². The summed E-state index contributed by atoms with van der Waals surface area (Å²) in [7, 11) is 0. The predicted molar refractivity (Wildman–Crippen MR) is 85.9 cm³/mol. The molecule has 2 heterocycles. The molecule has 0 radical (unpaired) electrons. The van der Waals surface area contributed by atoms with Gasteiger partial charge in [0.25, 0.3) is 0 Å². The van der Waals surface area contributed by atoms with Gasteiger partial charge in [0.2, 0.25) is 0 Å². The highest BCUT2D eigenvalue weighted by Crippen LogP contribution is 2.20. The molecule has 1 aromatic heterocycles. The van der Waals surface area contributed by atoms with E-state index in [1.807, 2.05) is 12.1 Å². The zero-order valence-electron chi connectivity index (χ0n) is 12.0. The number of piperidine rings is 1. The van der Waals surface area contributed by atoms with Crippen LogP contribution in [0, 0.1) is 0 Å². The Morgan fingerprint density at radius 1 is 1.33 bits per heavy atom. The van der Waals surface area contributed by atoms with Crippen LogP contribution in [0.3, 0.4) is 0 Å². The number of hydrogen-bond donors (Lipinski definition) is 3. The van der Waals surface area contributed by atoms with E-state index in [0.29, 0.717) is 17.4 Å². The average molecular weight is 332 g/mol. The minimum absolute atomic E-state index is 0.266. The van der Waals surface area contributed by atoms with Gasteiger partial charge in [-0.2, -0.15) is 0 Å². The van der Waals surface area contributed by atoms with E-state index < -0.39 is 6.10 Å². The van der Waals surface area contributed by atoms with Crippen molar-refractivity contribution in [2.45, 2.75) is 31.9 Å². The number of rotatable bonds is 6. The smallest absolute Gasteiger partial charge is 0.315 e. The first kappa shape index (κ1) is 16.5. The second kappa shape index (κ2) is 8.58. The van der Waals surface area contributed by atoms with Crippen LogP contribution in [0.15, 0.2) is 12.1 Å². The van der Waals surface area contributed by atoms with Crippen LogP contribution in [0.4, 0.5) is 4.79 Å². The molecule has 0 spiro atoms. The highest BCUT2D eigenvalue weighted by Gasteiger charge is 2.15. The number of amides is 2. The molecule has 7 heteroatoms. The molecule has 21 heavy (non-hydrogen) atoms. The molecule has 1 unspecified atom stereocenters. The summed E-state index contributed by atoms with van der Waals surface area (Å²) in [5, 5.41) is 15.4. The largest absolute Gasteiger partial charge is 0.390 e. The van der Waals surface area contributed by atoms with Gasteiger partial charge in [0.15, 0.2) is 0 Å². The Kier molecular flexibility index (Phi) is 6.76. The molecule has 5 nitrogen and oxygen atoms in total. The van der Waals surface area contributed by atoms with Crippen molar-refractivity contribution in [2.24, 2.45) is 0 Å². The molecular weight excluding hydrogens is 310 g/mol. The van der Waals surface area contributed by atoms with E-state index in [-0.39, 0.29) is 12.6 Å². The molecule has 1 aromatic rings. The molecule has 1 saturated heterocycles. The number of hydrogen-bond acceptors (Lipinski definition) is 4. The van der Waals surface area contributed by atoms with Gasteiger partial charge in [0, 0.05) is 18.0 Å². The molecule has 0 bridgehead atoms. The third kappa shape index (κ3) is 6.22. The van der Waals surface area contributed by atoms with Crippen molar-refractivity contribution in [3.63, 3.8) is 0 Å². The fourth-order valence-electron chi connectivity index (χ4n) is 2.39. The standard InChI is InChI=1S/C14H22ClN3O2S/c15-13-5-4-12(21-13)9-17-14(20)16-8-11(19)10-18-6-2-1-3-7-18/h4-5,11,19H,1-3,6-10H2,(H2,16,17,20). The first-order valence-electron chi connectivity index (χ1n) is 7.30. The highest BCUT2D eigenvalue weighted by atomic mass is 35.5. The molecule has 2 rings (SSSR count). The summed E-state index contributed by atoms with van der Waals surface area (Å²) in [6, 6.07) is 3.43. The number of halogens is 1. The molecule has 1 aliphatic rings. The number of carbonyl (C=O) groups is 1. The van der Waals surface area contributed by atoms with Gasteiger partial charge in [-0.05, 0) is 38.1 Å². The number of carbonyl (C=O) groups excluding carboxylic acids is 1. The maximum absolute atomic E-state index is 11.6. The fourth-order valence-corrected chi connectivity index (χ4v) is 3.42. The first-order valence-corrected chi connectivity index (χ1v) is 8.49. The van der Waals surface area contributed by atoms with Crippen molar-refractivity contribution >= 4 is 29.0 Å². The third-order valence-electron chi connectivity index (χ3n) is 3.47. The van der Waals surface area contributed by atoms with Gasteiger partial charge in [-0.1, -0.05) is 18.0 Å². The maximum atomic E-state index is 11.6. The lowest BCUT2D eigenvalue weighted by Crippen LogP contribution is -2.44. The highest BCUT2D eigenvalue weighted by molar-refractivity contribution is 7.16. The van der Waals surface area contributed by atoms with E-state index in [1.54, 1.807) is 0 Å². The third-order valence-corrected chi connectivity index (χ3v) is 4.70. The van der Waals surface area contributed by atoms with Crippen molar-refractivity contribution in [3.05, 3.63) is 21.3 Å². The van der Waals surface area contributed by atoms with Crippen LogP contribution in [0.1, 0.15) is 24.1 Å². The monoisotopic (exact) mass is 331 g/mol. The number of nitrogens with one attached hydrogen (secondary N) is 2. The normalized spacial score (nSPS) is 17.4. The van der Waals surface area contributed by atoms with Crippen LogP contribution in [0.25, 0.3) is 0 Å². The quantitative estimate of drug-likeness (QED) is 0.747. The zero-order chi connectivity index (χ0) is 15.1. The van der Waals surface area contributed by atoms with E-state index >= 15 is 0 Å². The lowest BCUT2D eigenvalue weighted by atomic mass is 10.1. The minimum Gasteiger partial charge on any atom is -0.390 e. The second-order valence-corrected chi connectivity index (χ2v) is 7.08. The van der Waals surface area contributed by atoms with Gasteiger partial charge < -0.3 is 20.6 Å². The van der Waals surface area contributed by atoms with Crippen molar-refractivity contribution in [2.75, 3.05) is 26.2 Å². The van der Waals surface area contributed by atoms with Crippen molar-refractivity contribution in [1.82, 2.24) is 15.5 Å². The Morgan fingerprint density at radius 2 is 2.10 bits per heavy atom. The van der Waals surface area contributed by atoms with Gasteiger partial charge in [-0.25, -0.2) is 4.79 Å². The summed E-state index contributed by atoms with van der Waals surface area (Å²) >= 11 is 7.27. The van der Waals surface area contributed by atoms with Crippen LogP contribution in [0.2, 0.25) is 4.34 Å². The molecule has 118 valence electrons. The van der Waals surface area contributed by atoms with Gasteiger partial charge >= 0.3 is 6.03 Å². The zero-order valence-corrected chi connectivity index (χ0v) is 13.6. The Balaban J connectivity index is 1.59.